The molecule has 0 aliphatic rings. The van der Waals surface area contributed by atoms with Gasteiger partial charge in [-0.2, -0.15) is 0 Å². The van der Waals surface area contributed by atoms with Crippen LogP contribution in [0.4, 0.5) is 4.39 Å². The molecule has 0 spiro atoms. The Morgan fingerprint density at radius 1 is 1.40 bits per heavy atom. The number of hydrogen-bond acceptors (Lipinski definition) is 4. The summed E-state index contributed by atoms with van der Waals surface area (Å²) < 4.78 is 24.6. The Balaban J connectivity index is 2.28. The standard InChI is InChI=1S/C15H19FN2O2/c1-10(2)7-17-8-12-15(20-9-18-12)14-11(16)5-4-6-13(14)19-3/h4-6,9-10,17H,7-8H2,1-3H3. The third-order valence-corrected chi connectivity index (χ3v) is 2.91. The molecule has 2 rings (SSSR count). The van der Waals surface area contributed by atoms with E-state index in [0.717, 1.165) is 6.54 Å². The maximum atomic E-state index is 14.0. The Bertz CT molecular complexity index is 567. The van der Waals surface area contributed by atoms with Crippen molar-refractivity contribution in [1.29, 1.82) is 0 Å². The molecule has 1 N–H and O–H groups in total. The molecule has 0 bridgehead atoms. The number of aromatic nitrogens is 1. The average molecular weight is 278 g/mol. The van der Waals surface area contributed by atoms with Crippen molar-refractivity contribution in [3.63, 3.8) is 0 Å². The van der Waals surface area contributed by atoms with Crippen molar-refractivity contribution in [2.45, 2.75) is 20.4 Å². The van der Waals surface area contributed by atoms with Crippen molar-refractivity contribution in [2.24, 2.45) is 5.92 Å². The van der Waals surface area contributed by atoms with Crippen LogP contribution in [0.25, 0.3) is 11.3 Å². The molecule has 1 aromatic heterocycles. The first-order valence-electron chi connectivity index (χ1n) is 6.59. The van der Waals surface area contributed by atoms with Crippen LogP contribution in [0.3, 0.4) is 0 Å². The summed E-state index contributed by atoms with van der Waals surface area (Å²) in [5.74, 6) is 1.00. The maximum Gasteiger partial charge on any atom is 0.181 e. The number of rotatable bonds is 6. The first kappa shape index (κ1) is 14.5. The van der Waals surface area contributed by atoms with Gasteiger partial charge >= 0.3 is 0 Å². The Morgan fingerprint density at radius 2 is 2.20 bits per heavy atom. The number of nitrogens with zero attached hydrogens (tertiary/aromatic N) is 1. The topological polar surface area (TPSA) is 47.3 Å². The van der Waals surface area contributed by atoms with Crippen LogP contribution < -0.4 is 10.1 Å². The van der Waals surface area contributed by atoms with Crippen LogP contribution in [-0.2, 0) is 6.54 Å². The van der Waals surface area contributed by atoms with Crippen LogP contribution in [0.2, 0.25) is 0 Å². The van der Waals surface area contributed by atoms with E-state index in [9.17, 15) is 4.39 Å². The van der Waals surface area contributed by atoms with Gasteiger partial charge in [0.1, 0.15) is 17.3 Å². The summed E-state index contributed by atoms with van der Waals surface area (Å²) in [6, 6.07) is 4.68. The number of nitrogens with one attached hydrogen (secondary N) is 1. The largest absolute Gasteiger partial charge is 0.496 e. The molecule has 0 aliphatic heterocycles. The fourth-order valence-corrected chi connectivity index (χ4v) is 1.97. The number of ether oxygens (including phenoxy) is 1. The summed E-state index contributed by atoms with van der Waals surface area (Å²) >= 11 is 0. The molecule has 108 valence electrons. The van der Waals surface area contributed by atoms with Gasteiger partial charge in [0.15, 0.2) is 12.2 Å². The fraction of sp³-hybridized carbons (Fsp3) is 0.400. The summed E-state index contributed by atoms with van der Waals surface area (Å²) in [6.07, 6.45) is 1.33. The zero-order chi connectivity index (χ0) is 14.5. The van der Waals surface area contributed by atoms with Crippen LogP contribution in [0.5, 0.6) is 5.75 Å². The predicted octanol–water partition coefficient (Wildman–Crippen LogP) is 3.23. The molecule has 0 saturated carbocycles. The Kier molecular flexibility index (Phi) is 4.74. The van der Waals surface area contributed by atoms with Crippen molar-refractivity contribution in [2.75, 3.05) is 13.7 Å². The average Bonchev–Trinajstić information content (AvgIpc) is 2.86. The van der Waals surface area contributed by atoms with Gasteiger partial charge in [-0.15, -0.1) is 0 Å². The van der Waals surface area contributed by atoms with E-state index in [1.54, 1.807) is 12.1 Å². The number of hydrogen-bond donors (Lipinski definition) is 1. The lowest BCUT2D eigenvalue weighted by Crippen LogP contribution is -2.19. The third-order valence-electron chi connectivity index (χ3n) is 2.91. The molecule has 5 heteroatoms. The van der Waals surface area contributed by atoms with E-state index in [-0.39, 0.29) is 5.82 Å². The van der Waals surface area contributed by atoms with Crippen molar-refractivity contribution < 1.29 is 13.5 Å². The molecular formula is C15H19FN2O2. The van der Waals surface area contributed by atoms with Crippen LogP contribution in [0.15, 0.2) is 29.0 Å². The van der Waals surface area contributed by atoms with Gasteiger partial charge in [-0.1, -0.05) is 19.9 Å². The monoisotopic (exact) mass is 278 g/mol. The molecule has 4 nitrogen and oxygen atoms in total. The van der Waals surface area contributed by atoms with E-state index >= 15 is 0 Å². The number of methoxy groups -OCH3 is 1. The molecule has 0 amide bonds. The van der Waals surface area contributed by atoms with Crippen LogP contribution >= 0.6 is 0 Å². The minimum absolute atomic E-state index is 0.314. The Hall–Kier alpha value is -1.88. The molecule has 1 heterocycles. The minimum atomic E-state index is -0.383. The number of benzene rings is 1. The van der Waals surface area contributed by atoms with E-state index in [4.69, 9.17) is 9.15 Å². The van der Waals surface area contributed by atoms with E-state index in [0.29, 0.717) is 35.2 Å². The summed E-state index contributed by atoms with van der Waals surface area (Å²) in [5.41, 5.74) is 0.989. The summed E-state index contributed by atoms with van der Waals surface area (Å²) in [5, 5.41) is 3.27. The second-order valence-electron chi connectivity index (χ2n) is 4.97. The normalized spacial score (nSPS) is 11.1. The minimum Gasteiger partial charge on any atom is -0.496 e. The van der Waals surface area contributed by atoms with Gasteiger partial charge in [0.05, 0.1) is 12.7 Å². The SMILES string of the molecule is COc1cccc(F)c1-c1ocnc1CNCC(C)C. The highest BCUT2D eigenvalue weighted by Gasteiger charge is 2.19. The third kappa shape index (κ3) is 3.17. The number of halogens is 1. The lowest BCUT2D eigenvalue weighted by Gasteiger charge is -2.09. The molecule has 0 radical (unpaired) electrons. The lowest BCUT2D eigenvalue weighted by atomic mass is 10.1. The highest BCUT2D eigenvalue weighted by molar-refractivity contribution is 5.68. The molecule has 2 aromatic rings. The van der Waals surface area contributed by atoms with E-state index < -0.39 is 0 Å². The first-order valence-corrected chi connectivity index (χ1v) is 6.59. The van der Waals surface area contributed by atoms with Gasteiger partial charge in [0, 0.05) is 6.54 Å². The lowest BCUT2D eigenvalue weighted by molar-refractivity contribution is 0.411. The molecule has 20 heavy (non-hydrogen) atoms. The van der Waals surface area contributed by atoms with E-state index in [2.05, 4.69) is 24.1 Å². The van der Waals surface area contributed by atoms with Gasteiger partial charge in [-0.25, -0.2) is 9.37 Å². The zero-order valence-electron chi connectivity index (χ0n) is 11.9. The van der Waals surface area contributed by atoms with Crippen LogP contribution in [0.1, 0.15) is 19.5 Å². The summed E-state index contributed by atoms with van der Waals surface area (Å²) in [6.45, 7) is 5.63. The summed E-state index contributed by atoms with van der Waals surface area (Å²) in [7, 11) is 1.51. The van der Waals surface area contributed by atoms with E-state index in [1.807, 2.05) is 0 Å². The highest BCUT2D eigenvalue weighted by Crippen LogP contribution is 2.34. The van der Waals surface area contributed by atoms with Gasteiger partial charge < -0.3 is 14.5 Å². The highest BCUT2D eigenvalue weighted by atomic mass is 19.1. The van der Waals surface area contributed by atoms with Gasteiger partial charge in [-0.3, -0.25) is 0 Å². The van der Waals surface area contributed by atoms with Gasteiger partial charge in [-0.05, 0) is 24.6 Å². The smallest absolute Gasteiger partial charge is 0.181 e. The zero-order valence-corrected chi connectivity index (χ0v) is 11.9. The molecular weight excluding hydrogens is 259 g/mol. The van der Waals surface area contributed by atoms with Crippen molar-refractivity contribution in [3.05, 3.63) is 36.1 Å². The second kappa shape index (κ2) is 6.52. The first-order chi connectivity index (χ1) is 9.63. The maximum absolute atomic E-state index is 14.0. The molecule has 0 unspecified atom stereocenters. The van der Waals surface area contributed by atoms with Crippen molar-refractivity contribution in [3.8, 4) is 17.1 Å². The van der Waals surface area contributed by atoms with Crippen molar-refractivity contribution in [1.82, 2.24) is 10.3 Å². The predicted molar refractivity (Wildman–Crippen MR) is 75.0 cm³/mol. The Morgan fingerprint density at radius 3 is 2.90 bits per heavy atom. The summed E-state index contributed by atoms with van der Waals surface area (Å²) in [4.78, 5) is 4.15. The molecule has 0 saturated heterocycles. The molecule has 0 aliphatic carbocycles. The molecule has 0 fully saturated rings. The van der Waals surface area contributed by atoms with Gasteiger partial charge in [0.25, 0.3) is 0 Å². The molecule has 1 aromatic carbocycles. The van der Waals surface area contributed by atoms with E-state index in [1.165, 1.54) is 19.6 Å². The van der Waals surface area contributed by atoms with Gasteiger partial charge in [0.2, 0.25) is 0 Å². The quantitative estimate of drug-likeness (QED) is 0.881. The van der Waals surface area contributed by atoms with Crippen LogP contribution in [-0.4, -0.2) is 18.6 Å². The number of oxazole rings is 1. The molecule has 0 atom stereocenters. The fourth-order valence-electron chi connectivity index (χ4n) is 1.97. The van der Waals surface area contributed by atoms with Crippen molar-refractivity contribution >= 4 is 0 Å². The Labute approximate surface area is 118 Å². The van der Waals surface area contributed by atoms with Crippen LogP contribution in [0, 0.1) is 11.7 Å². The second-order valence-corrected chi connectivity index (χ2v) is 4.97.